The molecule has 4 heteroatoms. The normalized spacial score (nSPS) is 12.5. The van der Waals surface area contributed by atoms with Gasteiger partial charge in [-0.1, -0.05) is 18.2 Å². The first kappa shape index (κ1) is 7.24. The lowest BCUT2D eigenvalue weighted by Gasteiger charge is -1.96. The standard InChI is InChI=1S/C6H6NO2S/c7-10(8)9-6-4-2-1-3-5-6/h1-5,7H. The Morgan fingerprint density at radius 2 is 1.90 bits per heavy atom. The summed E-state index contributed by atoms with van der Waals surface area (Å²) in [6.45, 7) is 0. The van der Waals surface area contributed by atoms with Crippen molar-refractivity contribution in [1.29, 1.82) is 0 Å². The second-order valence-corrected chi connectivity index (χ2v) is 2.27. The predicted molar refractivity (Wildman–Crippen MR) is 38.3 cm³/mol. The van der Waals surface area contributed by atoms with Gasteiger partial charge in [-0.05, 0) is 12.1 Å². The highest BCUT2D eigenvalue weighted by atomic mass is 32.2. The first-order valence-corrected chi connectivity index (χ1v) is 3.73. The van der Waals surface area contributed by atoms with Crippen LogP contribution in [-0.2, 0) is 11.3 Å². The van der Waals surface area contributed by atoms with E-state index in [0.717, 1.165) is 0 Å². The Kier molecular flexibility index (Phi) is 2.42. The van der Waals surface area contributed by atoms with Gasteiger partial charge in [0.05, 0.1) is 0 Å². The summed E-state index contributed by atoms with van der Waals surface area (Å²) in [5.41, 5.74) is 0. The van der Waals surface area contributed by atoms with Crippen molar-refractivity contribution in [2.75, 3.05) is 0 Å². The van der Waals surface area contributed by atoms with E-state index >= 15 is 0 Å². The summed E-state index contributed by atoms with van der Waals surface area (Å²) in [4.78, 5) is 0. The van der Waals surface area contributed by atoms with E-state index in [9.17, 15) is 4.21 Å². The van der Waals surface area contributed by atoms with Gasteiger partial charge in [-0.2, -0.15) is 4.21 Å². The highest BCUT2D eigenvalue weighted by molar-refractivity contribution is 7.77. The minimum Gasteiger partial charge on any atom is -0.388 e. The Labute approximate surface area is 61.6 Å². The quantitative estimate of drug-likeness (QED) is 0.639. The first-order valence-electron chi connectivity index (χ1n) is 2.65. The molecule has 0 heterocycles. The van der Waals surface area contributed by atoms with E-state index in [1.165, 1.54) is 0 Å². The van der Waals surface area contributed by atoms with Gasteiger partial charge in [-0.3, -0.25) is 0 Å². The Hall–Kier alpha value is -0.870. The molecule has 0 saturated carbocycles. The van der Waals surface area contributed by atoms with Crippen molar-refractivity contribution in [3.63, 3.8) is 0 Å². The molecule has 0 saturated heterocycles. The van der Waals surface area contributed by atoms with E-state index in [4.69, 9.17) is 5.14 Å². The lowest BCUT2D eigenvalue weighted by Crippen LogP contribution is -1.98. The molecule has 1 N–H and O–H groups in total. The summed E-state index contributed by atoms with van der Waals surface area (Å²) in [5, 5.41) is 6.57. The lowest BCUT2D eigenvalue weighted by atomic mass is 10.3. The van der Waals surface area contributed by atoms with Crippen molar-refractivity contribution in [3.05, 3.63) is 30.3 Å². The summed E-state index contributed by atoms with van der Waals surface area (Å²) in [5.74, 6) is 0.454. The average molecular weight is 156 g/mol. The second kappa shape index (κ2) is 3.34. The van der Waals surface area contributed by atoms with Crippen molar-refractivity contribution < 1.29 is 8.39 Å². The van der Waals surface area contributed by atoms with E-state index in [0.29, 0.717) is 5.75 Å². The highest BCUT2D eigenvalue weighted by Gasteiger charge is 1.92. The molecule has 1 aromatic carbocycles. The van der Waals surface area contributed by atoms with Crippen LogP contribution in [-0.4, -0.2) is 4.21 Å². The third-order valence-electron chi connectivity index (χ3n) is 0.915. The van der Waals surface area contributed by atoms with Crippen molar-refractivity contribution >= 4 is 11.3 Å². The van der Waals surface area contributed by atoms with Gasteiger partial charge in [0.1, 0.15) is 5.75 Å². The van der Waals surface area contributed by atoms with E-state index in [2.05, 4.69) is 4.18 Å². The molecule has 53 valence electrons. The summed E-state index contributed by atoms with van der Waals surface area (Å²) in [6.07, 6.45) is 0. The van der Waals surface area contributed by atoms with Crippen LogP contribution in [0.3, 0.4) is 0 Å². The molecule has 1 rings (SSSR count). The monoisotopic (exact) mass is 156 g/mol. The molecule has 0 aliphatic carbocycles. The first-order chi connectivity index (χ1) is 4.79. The molecule has 1 atom stereocenters. The van der Waals surface area contributed by atoms with Crippen LogP contribution in [0.15, 0.2) is 30.3 Å². The van der Waals surface area contributed by atoms with Crippen molar-refractivity contribution in [2.45, 2.75) is 0 Å². The van der Waals surface area contributed by atoms with Gasteiger partial charge in [0, 0.05) is 0 Å². The van der Waals surface area contributed by atoms with E-state index in [1.807, 2.05) is 6.07 Å². The smallest absolute Gasteiger partial charge is 0.303 e. The Morgan fingerprint density at radius 1 is 1.30 bits per heavy atom. The summed E-state index contributed by atoms with van der Waals surface area (Å²) < 4.78 is 14.7. The number of nitrogens with one attached hydrogen (secondary N) is 1. The number of rotatable bonds is 2. The van der Waals surface area contributed by atoms with Crippen LogP contribution in [0.1, 0.15) is 0 Å². The molecule has 0 amide bonds. The highest BCUT2D eigenvalue weighted by Crippen LogP contribution is 2.08. The zero-order chi connectivity index (χ0) is 7.40. The van der Waals surface area contributed by atoms with Gasteiger partial charge in [-0.25, -0.2) is 0 Å². The zero-order valence-corrected chi connectivity index (χ0v) is 5.93. The van der Waals surface area contributed by atoms with Gasteiger partial charge < -0.3 is 4.18 Å². The van der Waals surface area contributed by atoms with Gasteiger partial charge in [0.2, 0.25) is 0 Å². The van der Waals surface area contributed by atoms with Gasteiger partial charge in [0.25, 0.3) is 0 Å². The van der Waals surface area contributed by atoms with Crippen LogP contribution in [0, 0.1) is 0 Å². The lowest BCUT2D eigenvalue weighted by molar-refractivity contribution is 0.562. The van der Waals surface area contributed by atoms with Crippen LogP contribution in [0.4, 0.5) is 0 Å². The predicted octanol–water partition coefficient (Wildman–Crippen LogP) is 0.927. The summed E-state index contributed by atoms with van der Waals surface area (Å²) >= 11 is -1.97. The average Bonchev–Trinajstić information content (AvgIpc) is 1.88. The maximum absolute atomic E-state index is 10.2. The maximum atomic E-state index is 10.2. The summed E-state index contributed by atoms with van der Waals surface area (Å²) in [6, 6.07) is 8.61. The second-order valence-electron chi connectivity index (χ2n) is 1.63. The molecule has 0 aromatic heterocycles. The third-order valence-corrected chi connectivity index (χ3v) is 1.26. The van der Waals surface area contributed by atoms with Gasteiger partial charge in [-0.15, -0.1) is 5.14 Å². The Balaban J connectivity index is 2.67. The topological polar surface area (TPSA) is 50.1 Å². The Morgan fingerprint density at radius 3 is 2.40 bits per heavy atom. The van der Waals surface area contributed by atoms with E-state index < -0.39 is 11.3 Å². The van der Waals surface area contributed by atoms with Crippen LogP contribution in [0.2, 0.25) is 0 Å². The van der Waals surface area contributed by atoms with E-state index in [1.54, 1.807) is 24.3 Å². The SMILES string of the molecule is [NH]S(=O)Oc1ccccc1. The minimum atomic E-state index is -1.97. The molecule has 0 fully saturated rings. The molecule has 1 radical (unpaired) electrons. The molecular formula is C6H6NO2S. The zero-order valence-electron chi connectivity index (χ0n) is 5.11. The molecular weight excluding hydrogens is 150 g/mol. The van der Waals surface area contributed by atoms with Gasteiger partial charge in [0.15, 0.2) is 0 Å². The number of hydrogen-bond acceptors (Lipinski definition) is 2. The molecule has 10 heavy (non-hydrogen) atoms. The van der Waals surface area contributed by atoms with Crippen molar-refractivity contribution in [3.8, 4) is 5.75 Å². The Bertz CT molecular complexity index is 224. The molecule has 3 nitrogen and oxygen atoms in total. The fourth-order valence-corrected chi connectivity index (χ4v) is 0.849. The molecule has 1 unspecified atom stereocenters. The fourth-order valence-electron chi connectivity index (χ4n) is 0.563. The molecule has 0 spiro atoms. The summed E-state index contributed by atoms with van der Waals surface area (Å²) in [7, 11) is 0. The van der Waals surface area contributed by atoms with Crippen LogP contribution < -0.4 is 9.32 Å². The van der Waals surface area contributed by atoms with E-state index in [-0.39, 0.29) is 0 Å². The third kappa shape index (κ3) is 2.16. The number of hydrogen-bond donors (Lipinski definition) is 0. The van der Waals surface area contributed by atoms with Crippen LogP contribution in [0.25, 0.3) is 0 Å². The van der Waals surface area contributed by atoms with Crippen molar-refractivity contribution in [1.82, 2.24) is 5.14 Å². The van der Waals surface area contributed by atoms with Crippen molar-refractivity contribution in [2.24, 2.45) is 0 Å². The fraction of sp³-hybridized carbons (Fsp3) is 0. The molecule has 0 aliphatic rings. The maximum Gasteiger partial charge on any atom is 0.303 e. The van der Waals surface area contributed by atoms with Crippen LogP contribution in [0.5, 0.6) is 5.75 Å². The molecule has 0 bridgehead atoms. The largest absolute Gasteiger partial charge is 0.388 e. The number of benzene rings is 1. The minimum absolute atomic E-state index is 0.454. The van der Waals surface area contributed by atoms with Gasteiger partial charge >= 0.3 is 11.3 Å². The number of para-hydroxylation sites is 1. The molecule has 0 aliphatic heterocycles. The molecule has 1 aromatic rings. The van der Waals surface area contributed by atoms with Crippen LogP contribution >= 0.6 is 0 Å².